The third kappa shape index (κ3) is 12.6. The molecule has 0 bridgehead atoms. The third-order valence-corrected chi connectivity index (χ3v) is 1.87. The van der Waals surface area contributed by atoms with Crippen LogP contribution in [0.2, 0.25) is 0 Å². The highest BCUT2D eigenvalue weighted by Gasteiger charge is 2.15. The summed E-state index contributed by atoms with van der Waals surface area (Å²) in [5.41, 5.74) is 9.76. The minimum atomic E-state index is -0.578. The van der Waals surface area contributed by atoms with Crippen molar-refractivity contribution in [1.29, 1.82) is 0 Å². The first kappa shape index (κ1) is 16.5. The summed E-state index contributed by atoms with van der Waals surface area (Å²) in [5.74, 6) is 0. The van der Waals surface area contributed by atoms with Crippen molar-refractivity contribution >= 4 is 6.09 Å². The zero-order valence-electron chi connectivity index (χ0n) is 11.3. The van der Waals surface area contributed by atoms with Crippen molar-refractivity contribution in [3.05, 3.63) is 10.4 Å². The Morgan fingerprint density at radius 3 is 2.56 bits per heavy atom. The number of nitrogens with one attached hydrogen (secondary N) is 1. The van der Waals surface area contributed by atoms with E-state index < -0.39 is 11.7 Å². The molecule has 0 unspecified atom stereocenters. The molecule has 0 rings (SSSR count). The van der Waals surface area contributed by atoms with Gasteiger partial charge in [-0.15, -0.1) is 0 Å². The molecule has 0 aromatic carbocycles. The number of nitrogens with zero attached hydrogens (tertiary/aromatic N) is 3. The topological polar surface area (TPSA) is 96.3 Å². The largest absolute Gasteiger partial charge is 0.442 e. The summed E-state index contributed by atoms with van der Waals surface area (Å²) in [7, 11) is 0. The molecular weight excluding hydrogens is 236 g/mol. The molecule has 0 aromatic rings. The zero-order valence-corrected chi connectivity index (χ0v) is 11.3. The van der Waals surface area contributed by atoms with E-state index in [1.54, 1.807) is 20.8 Å². The highest BCUT2D eigenvalue weighted by molar-refractivity contribution is 5.66. The summed E-state index contributed by atoms with van der Waals surface area (Å²) in [6.07, 6.45) is 3.09. The van der Waals surface area contributed by atoms with Crippen molar-refractivity contribution < 1.29 is 14.4 Å². The third-order valence-electron chi connectivity index (χ3n) is 1.87. The van der Waals surface area contributed by atoms with Gasteiger partial charge >= 0.3 is 6.09 Å². The second-order valence-electron chi connectivity index (χ2n) is 4.82. The van der Waals surface area contributed by atoms with Gasteiger partial charge in [0.25, 0.3) is 0 Å². The number of hydrogen-bond acceptors (Lipinski definition) is 4. The van der Waals surface area contributed by atoms with Gasteiger partial charge in [0, 0.05) is 11.5 Å². The Morgan fingerprint density at radius 1 is 1.28 bits per heavy atom. The summed E-state index contributed by atoms with van der Waals surface area (Å²) in [5, 5.41) is 3.44. The number of carbonyl (C=O) groups excluding carboxylic acids is 1. The molecule has 0 aliphatic heterocycles. The van der Waals surface area contributed by atoms with Crippen molar-refractivity contribution in [3.63, 3.8) is 0 Å². The van der Waals surface area contributed by atoms with Gasteiger partial charge in [0.1, 0.15) is 5.60 Å². The summed E-state index contributed by atoms with van der Waals surface area (Å²) in [4.78, 5) is 18.8. The monoisotopic (exact) mass is 258 g/mol. The molecular formula is C11H22N4O3. The van der Waals surface area contributed by atoms with Crippen LogP contribution >= 0.6 is 0 Å². The summed E-state index contributed by atoms with van der Waals surface area (Å²) < 4.78 is 4.99. The van der Waals surface area contributed by atoms with Crippen molar-refractivity contribution in [1.82, 2.24) is 5.48 Å². The second-order valence-corrected chi connectivity index (χ2v) is 4.82. The van der Waals surface area contributed by atoms with Gasteiger partial charge in [-0.05, 0) is 39.1 Å². The summed E-state index contributed by atoms with van der Waals surface area (Å²) in [6.45, 7) is 6.34. The molecule has 0 aliphatic carbocycles. The average molecular weight is 258 g/mol. The van der Waals surface area contributed by atoms with Crippen LogP contribution in [0.1, 0.15) is 46.5 Å². The molecule has 1 N–H and O–H groups in total. The molecule has 7 heteroatoms. The molecule has 0 heterocycles. The van der Waals surface area contributed by atoms with Gasteiger partial charge in [-0.3, -0.25) is 4.84 Å². The highest BCUT2D eigenvalue weighted by Crippen LogP contribution is 2.06. The first-order chi connectivity index (χ1) is 8.45. The van der Waals surface area contributed by atoms with E-state index in [1.807, 2.05) is 0 Å². The zero-order chi connectivity index (χ0) is 13.9. The van der Waals surface area contributed by atoms with E-state index in [2.05, 4.69) is 15.5 Å². The van der Waals surface area contributed by atoms with Gasteiger partial charge in [-0.2, -0.15) is 5.48 Å². The standard InChI is InChI=1S/C11H22N4O3/c1-11(2,3)18-10(16)14-17-9-7-5-4-6-8-13-15-12/h4-9H2,1-3H3,(H,14,16). The van der Waals surface area contributed by atoms with Crippen LogP contribution < -0.4 is 5.48 Å². The number of ether oxygens (including phenoxy) is 1. The molecule has 0 spiro atoms. The summed E-state index contributed by atoms with van der Waals surface area (Å²) >= 11 is 0. The van der Waals surface area contributed by atoms with Crippen molar-refractivity contribution in [2.45, 2.75) is 52.1 Å². The fraction of sp³-hybridized carbons (Fsp3) is 0.909. The quantitative estimate of drug-likeness (QED) is 0.238. The van der Waals surface area contributed by atoms with Crippen LogP contribution in [0, 0.1) is 0 Å². The number of rotatable bonds is 8. The van der Waals surface area contributed by atoms with Crippen LogP contribution in [0.4, 0.5) is 4.79 Å². The van der Waals surface area contributed by atoms with Crippen LogP contribution in [-0.4, -0.2) is 24.8 Å². The Morgan fingerprint density at radius 2 is 1.94 bits per heavy atom. The number of carbonyl (C=O) groups is 1. The normalized spacial score (nSPS) is 10.6. The molecule has 1 amide bonds. The molecule has 18 heavy (non-hydrogen) atoms. The molecule has 0 fully saturated rings. The summed E-state index contributed by atoms with van der Waals surface area (Å²) in [6, 6.07) is 0. The van der Waals surface area contributed by atoms with E-state index in [1.165, 1.54) is 0 Å². The maximum atomic E-state index is 11.2. The molecule has 7 nitrogen and oxygen atoms in total. The smallest absolute Gasteiger partial charge is 0.431 e. The first-order valence-corrected chi connectivity index (χ1v) is 6.07. The lowest BCUT2D eigenvalue weighted by Gasteiger charge is -2.19. The van der Waals surface area contributed by atoms with Crippen molar-refractivity contribution in [3.8, 4) is 0 Å². The fourth-order valence-corrected chi connectivity index (χ4v) is 1.16. The molecule has 104 valence electrons. The van der Waals surface area contributed by atoms with Gasteiger partial charge in [-0.1, -0.05) is 18.0 Å². The number of hydrogen-bond donors (Lipinski definition) is 1. The predicted molar refractivity (Wildman–Crippen MR) is 67.8 cm³/mol. The number of amides is 1. The molecule has 0 aliphatic rings. The van der Waals surface area contributed by atoms with E-state index in [-0.39, 0.29) is 0 Å². The van der Waals surface area contributed by atoms with E-state index in [0.717, 1.165) is 25.7 Å². The van der Waals surface area contributed by atoms with E-state index in [4.69, 9.17) is 15.1 Å². The Labute approximate surface area is 107 Å². The molecule has 0 radical (unpaired) electrons. The minimum Gasteiger partial charge on any atom is -0.442 e. The molecule has 0 saturated heterocycles. The number of azide groups is 1. The van der Waals surface area contributed by atoms with E-state index in [0.29, 0.717) is 13.2 Å². The Hall–Kier alpha value is -1.46. The maximum absolute atomic E-state index is 11.2. The maximum Gasteiger partial charge on any atom is 0.431 e. The first-order valence-electron chi connectivity index (χ1n) is 6.07. The lowest BCUT2D eigenvalue weighted by atomic mass is 10.2. The lowest BCUT2D eigenvalue weighted by Crippen LogP contribution is -2.32. The van der Waals surface area contributed by atoms with E-state index >= 15 is 0 Å². The van der Waals surface area contributed by atoms with Gasteiger partial charge in [-0.25, -0.2) is 4.79 Å². The SMILES string of the molecule is CC(C)(C)OC(=O)NOCCCCCCN=[N+]=[N-]. The van der Waals surface area contributed by atoms with Crippen LogP contribution in [0.5, 0.6) is 0 Å². The molecule has 0 atom stereocenters. The second kappa shape index (κ2) is 9.56. The van der Waals surface area contributed by atoms with Crippen LogP contribution in [0.15, 0.2) is 5.11 Å². The van der Waals surface area contributed by atoms with Gasteiger partial charge in [0.2, 0.25) is 0 Å². The van der Waals surface area contributed by atoms with Crippen LogP contribution in [-0.2, 0) is 9.57 Å². The fourth-order valence-electron chi connectivity index (χ4n) is 1.16. The van der Waals surface area contributed by atoms with Crippen LogP contribution in [0.3, 0.4) is 0 Å². The number of unbranched alkanes of at least 4 members (excludes halogenated alkanes) is 3. The van der Waals surface area contributed by atoms with Crippen molar-refractivity contribution in [2.75, 3.05) is 13.2 Å². The Kier molecular flexibility index (Phi) is 8.78. The lowest BCUT2D eigenvalue weighted by molar-refractivity contribution is -0.00859. The van der Waals surface area contributed by atoms with Gasteiger partial charge in [0.05, 0.1) is 6.61 Å². The number of hydroxylamine groups is 1. The Balaban J connectivity index is 3.30. The highest BCUT2D eigenvalue weighted by atomic mass is 16.7. The average Bonchev–Trinajstić information content (AvgIpc) is 2.24. The van der Waals surface area contributed by atoms with E-state index in [9.17, 15) is 4.79 Å². The van der Waals surface area contributed by atoms with Crippen LogP contribution in [0.25, 0.3) is 10.4 Å². The molecule has 0 aromatic heterocycles. The minimum absolute atomic E-state index is 0.445. The van der Waals surface area contributed by atoms with Crippen molar-refractivity contribution in [2.24, 2.45) is 5.11 Å². The molecule has 0 saturated carbocycles. The Bertz CT molecular complexity index is 283. The van der Waals surface area contributed by atoms with Gasteiger partial charge < -0.3 is 4.74 Å². The van der Waals surface area contributed by atoms with Gasteiger partial charge in [0.15, 0.2) is 0 Å². The predicted octanol–water partition coefficient (Wildman–Crippen LogP) is 3.31.